The molecule has 166 valence electrons. The Kier molecular flexibility index (Phi) is 6.64. The van der Waals surface area contributed by atoms with Crippen molar-refractivity contribution in [3.63, 3.8) is 0 Å². The van der Waals surface area contributed by atoms with Gasteiger partial charge in [-0.15, -0.1) is 0 Å². The lowest BCUT2D eigenvalue weighted by molar-refractivity contribution is -0.157. The van der Waals surface area contributed by atoms with Gasteiger partial charge >= 0.3 is 6.18 Å². The van der Waals surface area contributed by atoms with Crippen molar-refractivity contribution >= 4 is 23.2 Å². The van der Waals surface area contributed by atoms with Crippen molar-refractivity contribution in [2.75, 3.05) is 16.8 Å². The molecule has 0 fully saturated rings. The highest BCUT2D eigenvalue weighted by Gasteiger charge is 2.48. The molecule has 1 heterocycles. The van der Waals surface area contributed by atoms with E-state index in [0.717, 1.165) is 0 Å². The van der Waals surface area contributed by atoms with Gasteiger partial charge in [-0.3, -0.25) is 14.5 Å². The van der Waals surface area contributed by atoms with Gasteiger partial charge in [0.25, 0.3) is 0 Å². The highest BCUT2D eigenvalue weighted by molar-refractivity contribution is 6.05. The minimum absolute atomic E-state index is 0.00893. The molecule has 0 aromatic heterocycles. The van der Waals surface area contributed by atoms with Gasteiger partial charge in [0, 0.05) is 6.04 Å². The molecular formula is C22H23F4N3O2. The van der Waals surface area contributed by atoms with Gasteiger partial charge in [-0.2, -0.15) is 13.2 Å². The van der Waals surface area contributed by atoms with E-state index in [1.54, 1.807) is 18.2 Å². The molecule has 0 unspecified atom stereocenters. The number of carbonyl (C=O) groups excluding carboxylic acids is 2. The van der Waals surface area contributed by atoms with E-state index in [-0.39, 0.29) is 23.3 Å². The lowest BCUT2D eigenvalue weighted by Gasteiger charge is -2.32. The number of hydrogen-bond donors (Lipinski definition) is 2. The SMILES string of the molecule is CC(C)[C@H](NCC(=O)N1c2ccccc2NC(=O)C[C@H]1C(F)(F)F)c1ccc(F)cc1. The molecule has 2 aromatic carbocycles. The predicted molar refractivity (Wildman–Crippen MR) is 109 cm³/mol. The first-order valence-corrected chi connectivity index (χ1v) is 9.84. The molecule has 0 saturated carbocycles. The van der Waals surface area contributed by atoms with E-state index in [0.29, 0.717) is 10.5 Å². The molecule has 0 aliphatic carbocycles. The predicted octanol–water partition coefficient (Wildman–Crippen LogP) is 4.42. The molecule has 2 atom stereocenters. The normalized spacial score (nSPS) is 17.7. The van der Waals surface area contributed by atoms with Gasteiger partial charge in [0.15, 0.2) is 0 Å². The molecule has 0 saturated heterocycles. The number of fused-ring (bicyclic) bond motifs is 1. The van der Waals surface area contributed by atoms with Gasteiger partial charge in [0.1, 0.15) is 11.9 Å². The lowest BCUT2D eigenvalue weighted by Crippen LogP contribution is -2.52. The van der Waals surface area contributed by atoms with Crippen molar-refractivity contribution in [3.8, 4) is 0 Å². The number of nitrogens with one attached hydrogen (secondary N) is 2. The monoisotopic (exact) mass is 437 g/mol. The Morgan fingerprint density at radius 1 is 1.16 bits per heavy atom. The van der Waals surface area contributed by atoms with Crippen LogP contribution in [0.4, 0.5) is 28.9 Å². The molecule has 0 bridgehead atoms. The van der Waals surface area contributed by atoms with Crippen molar-refractivity contribution in [1.29, 1.82) is 0 Å². The molecule has 1 aliphatic heterocycles. The molecule has 31 heavy (non-hydrogen) atoms. The second-order valence-electron chi connectivity index (χ2n) is 7.74. The highest BCUT2D eigenvalue weighted by Crippen LogP contribution is 2.37. The number of hydrogen-bond acceptors (Lipinski definition) is 3. The standard InChI is InChI=1S/C22H23F4N3O2/c1-13(2)21(14-7-9-15(23)10-8-14)27-12-20(31)29-17-6-4-3-5-16(17)28-19(30)11-18(29)22(24,25)26/h3-10,13,18,21,27H,11-12H2,1-2H3,(H,28,30)/t18-,21-/m0/s1. The Balaban J connectivity index is 1.89. The van der Waals surface area contributed by atoms with Crippen LogP contribution in [-0.2, 0) is 9.59 Å². The van der Waals surface area contributed by atoms with Crippen molar-refractivity contribution in [2.45, 2.75) is 38.5 Å². The first-order chi connectivity index (χ1) is 14.6. The largest absolute Gasteiger partial charge is 0.409 e. The van der Waals surface area contributed by atoms with Gasteiger partial charge in [-0.05, 0) is 35.7 Å². The Morgan fingerprint density at radius 3 is 2.42 bits per heavy atom. The van der Waals surface area contributed by atoms with Crippen LogP contribution in [0.25, 0.3) is 0 Å². The minimum atomic E-state index is -4.79. The third kappa shape index (κ3) is 5.22. The Labute approximate surface area is 177 Å². The minimum Gasteiger partial charge on any atom is -0.324 e. The molecule has 3 rings (SSSR count). The van der Waals surface area contributed by atoms with E-state index < -0.39 is 42.8 Å². The molecule has 1 aliphatic rings. The summed E-state index contributed by atoms with van der Waals surface area (Å²) in [5.41, 5.74) is 0.849. The molecule has 9 heteroatoms. The van der Waals surface area contributed by atoms with Crippen molar-refractivity contribution < 1.29 is 27.2 Å². The summed E-state index contributed by atoms with van der Waals surface area (Å²) < 4.78 is 54.7. The summed E-state index contributed by atoms with van der Waals surface area (Å²) in [5, 5.41) is 5.43. The van der Waals surface area contributed by atoms with Crippen LogP contribution in [0.1, 0.15) is 31.9 Å². The van der Waals surface area contributed by atoms with Crippen molar-refractivity contribution in [1.82, 2.24) is 5.32 Å². The van der Waals surface area contributed by atoms with Crippen LogP contribution in [0.5, 0.6) is 0 Å². The van der Waals surface area contributed by atoms with E-state index >= 15 is 0 Å². The summed E-state index contributed by atoms with van der Waals surface area (Å²) in [6.45, 7) is 3.37. The fourth-order valence-electron chi connectivity index (χ4n) is 3.69. The number of halogens is 4. The first-order valence-electron chi connectivity index (χ1n) is 9.84. The molecule has 2 amide bonds. The summed E-state index contributed by atoms with van der Waals surface area (Å²) >= 11 is 0. The molecule has 5 nitrogen and oxygen atoms in total. The fraction of sp³-hybridized carbons (Fsp3) is 0.364. The van der Waals surface area contributed by atoms with E-state index in [4.69, 9.17) is 0 Å². The fourth-order valence-corrected chi connectivity index (χ4v) is 3.69. The van der Waals surface area contributed by atoms with E-state index in [2.05, 4.69) is 10.6 Å². The van der Waals surface area contributed by atoms with Crippen LogP contribution in [-0.4, -0.2) is 30.6 Å². The summed E-state index contributed by atoms with van der Waals surface area (Å²) in [4.78, 5) is 25.7. The first kappa shape index (κ1) is 22.7. The van der Waals surface area contributed by atoms with Crippen LogP contribution in [0, 0.1) is 11.7 Å². The lowest BCUT2D eigenvalue weighted by atomic mass is 9.96. The molecule has 2 N–H and O–H groups in total. The van der Waals surface area contributed by atoms with Crippen LogP contribution in [0.15, 0.2) is 48.5 Å². The van der Waals surface area contributed by atoms with Gasteiger partial charge < -0.3 is 10.6 Å². The summed E-state index contributed by atoms with van der Waals surface area (Å²) in [6.07, 6.45) is -5.69. The zero-order chi connectivity index (χ0) is 22.8. The number of rotatable bonds is 5. The number of alkyl halides is 3. The zero-order valence-corrected chi connectivity index (χ0v) is 17.0. The summed E-state index contributed by atoms with van der Waals surface area (Å²) in [7, 11) is 0. The molecule has 0 spiro atoms. The van der Waals surface area contributed by atoms with E-state index in [1.165, 1.54) is 30.3 Å². The van der Waals surface area contributed by atoms with Gasteiger partial charge in [0.05, 0.1) is 24.3 Å². The smallest absolute Gasteiger partial charge is 0.324 e. The molecular weight excluding hydrogens is 414 g/mol. The quantitative estimate of drug-likeness (QED) is 0.681. The maximum atomic E-state index is 13.8. The summed E-state index contributed by atoms with van der Waals surface area (Å²) in [6, 6.07) is 8.95. The van der Waals surface area contributed by atoms with Crippen LogP contribution < -0.4 is 15.5 Å². The molecule has 0 radical (unpaired) electrons. The Hall–Kier alpha value is -2.94. The Bertz CT molecular complexity index is 945. The number of nitrogens with zero attached hydrogens (tertiary/aromatic N) is 1. The van der Waals surface area contributed by atoms with E-state index in [1.807, 2.05) is 13.8 Å². The van der Waals surface area contributed by atoms with Crippen LogP contribution in [0.3, 0.4) is 0 Å². The second-order valence-corrected chi connectivity index (χ2v) is 7.74. The third-order valence-corrected chi connectivity index (χ3v) is 5.14. The second kappa shape index (κ2) is 9.05. The van der Waals surface area contributed by atoms with Crippen molar-refractivity contribution in [3.05, 3.63) is 59.9 Å². The maximum Gasteiger partial charge on any atom is 0.409 e. The highest BCUT2D eigenvalue weighted by atomic mass is 19.4. The average molecular weight is 437 g/mol. The summed E-state index contributed by atoms with van der Waals surface area (Å²) in [5.74, 6) is -2.06. The third-order valence-electron chi connectivity index (χ3n) is 5.14. The number of anilines is 2. The zero-order valence-electron chi connectivity index (χ0n) is 17.0. The van der Waals surface area contributed by atoms with Crippen LogP contribution >= 0.6 is 0 Å². The van der Waals surface area contributed by atoms with Gasteiger partial charge in [-0.1, -0.05) is 38.1 Å². The van der Waals surface area contributed by atoms with Gasteiger partial charge in [-0.25, -0.2) is 4.39 Å². The Morgan fingerprint density at radius 2 is 1.81 bits per heavy atom. The van der Waals surface area contributed by atoms with E-state index in [9.17, 15) is 27.2 Å². The average Bonchev–Trinajstić information content (AvgIpc) is 2.84. The number of amides is 2. The topological polar surface area (TPSA) is 61.4 Å². The number of benzene rings is 2. The molecule has 2 aromatic rings. The van der Waals surface area contributed by atoms with Crippen LogP contribution in [0.2, 0.25) is 0 Å². The number of para-hydroxylation sites is 2. The van der Waals surface area contributed by atoms with Crippen molar-refractivity contribution in [2.24, 2.45) is 5.92 Å². The van der Waals surface area contributed by atoms with Gasteiger partial charge in [0.2, 0.25) is 11.8 Å². The number of carbonyl (C=O) groups is 2. The maximum absolute atomic E-state index is 13.8.